The standard InChI is InChI=1S/C15H33N5/c1-14(2)6-7-17-15(16-3)18-8-11-20-10-5-9-19(4)12-13-20/h14H,5-13H2,1-4H3,(H2,16,17,18). The lowest BCUT2D eigenvalue weighted by Crippen LogP contribution is -2.42. The molecule has 0 spiro atoms. The number of likely N-dealkylation sites (N-methyl/N-ethyl adjacent to an activating group) is 1. The summed E-state index contributed by atoms with van der Waals surface area (Å²) in [5, 5.41) is 6.78. The van der Waals surface area contributed by atoms with Crippen molar-refractivity contribution >= 4 is 5.96 Å². The normalized spacial score (nSPS) is 19.1. The van der Waals surface area contributed by atoms with E-state index in [0.29, 0.717) is 0 Å². The average molecular weight is 283 g/mol. The fourth-order valence-electron chi connectivity index (χ4n) is 2.36. The summed E-state index contributed by atoms with van der Waals surface area (Å²) in [6, 6.07) is 0. The van der Waals surface area contributed by atoms with Gasteiger partial charge in [0.1, 0.15) is 0 Å². The lowest BCUT2D eigenvalue weighted by atomic mass is 10.1. The first-order chi connectivity index (χ1) is 9.61. The van der Waals surface area contributed by atoms with E-state index in [1.807, 2.05) is 7.05 Å². The Hall–Kier alpha value is -0.810. The molecule has 0 aromatic rings. The summed E-state index contributed by atoms with van der Waals surface area (Å²) in [5.74, 6) is 1.66. The minimum Gasteiger partial charge on any atom is -0.356 e. The van der Waals surface area contributed by atoms with Crippen molar-refractivity contribution < 1.29 is 0 Å². The zero-order valence-electron chi connectivity index (χ0n) is 13.8. The highest BCUT2D eigenvalue weighted by atomic mass is 15.2. The highest BCUT2D eigenvalue weighted by molar-refractivity contribution is 5.79. The van der Waals surface area contributed by atoms with Crippen molar-refractivity contribution in [2.45, 2.75) is 26.7 Å². The van der Waals surface area contributed by atoms with Crippen LogP contribution in [-0.4, -0.2) is 75.7 Å². The second-order valence-corrected chi connectivity index (χ2v) is 6.11. The van der Waals surface area contributed by atoms with E-state index in [1.54, 1.807) is 0 Å². The number of nitrogens with zero attached hydrogens (tertiary/aromatic N) is 3. The van der Waals surface area contributed by atoms with Gasteiger partial charge in [-0.3, -0.25) is 4.99 Å². The fourth-order valence-corrected chi connectivity index (χ4v) is 2.36. The lowest BCUT2D eigenvalue weighted by Gasteiger charge is -2.21. The van der Waals surface area contributed by atoms with Crippen LogP contribution in [0.2, 0.25) is 0 Å². The molecule has 5 nitrogen and oxygen atoms in total. The van der Waals surface area contributed by atoms with E-state index in [4.69, 9.17) is 0 Å². The van der Waals surface area contributed by atoms with E-state index in [-0.39, 0.29) is 0 Å². The summed E-state index contributed by atoms with van der Waals surface area (Å²) in [4.78, 5) is 9.22. The van der Waals surface area contributed by atoms with Crippen LogP contribution in [0.5, 0.6) is 0 Å². The van der Waals surface area contributed by atoms with Crippen LogP contribution in [0.1, 0.15) is 26.7 Å². The monoisotopic (exact) mass is 283 g/mol. The van der Waals surface area contributed by atoms with Crippen LogP contribution in [0.25, 0.3) is 0 Å². The molecule has 0 amide bonds. The second-order valence-electron chi connectivity index (χ2n) is 6.11. The quantitative estimate of drug-likeness (QED) is 0.560. The smallest absolute Gasteiger partial charge is 0.191 e. The first-order valence-corrected chi connectivity index (χ1v) is 7.97. The van der Waals surface area contributed by atoms with Crippen molar-refractivity contribution in [3.05, 3.63) is 0 Å². The minimum atomic E-state index is 0.731. The molecule has 0 saturated carbocycles. The van der Waals surface area contributed by atoms with E-state index >= 15 is 0 Å². The van der Waals surface area contributed by atoms with Gasteiger partial charge in [-0.25, -0.2) is 0 Å². The Morgan fingerprint density at radius 1 is 1.10 bits per heavy atom. The van der Waals surface area contributed by atoms with Gasteiger partial charge >= 0.3 is 0 Å². The van der Waals surface area contributed by atoms with Crippen molar-refractivity contribution in [3.63, 3.8) is 0 Å². The van der Waals surface area contributed by atoms with Crippen molar-refractivity contribution in [1.29, 1.82) is 0 Å². The predicted molar refractivity (Wildman–Crippen MR) is 87.4 cm³/mol. The van der Waals surface area contributed by atoms with Crippen molar-refractivity contribution in [3.8, 4) is 0 Å². The summed E-state index contributed by atoms with van der Waals surface area (Å²) < 4.78 is 0. The molecular weight excluding hydrogens is 250 g/mol. The van der Waals surface area contributed by atoms with Crippen LogP contribution in [0.3, 0.4) is 0 Å². The molecule has 0 unspecified atom stereocenters. The van der Waals surface area contributed by atoms with Gasteiger partial charge in [-0.2, -0.15) is 0 Å². The fraction of sp³-hybridized carbons (Fsp3) is 0.933. The molecule has 5 heteroatoms. The third-order valence-electron chi connectivity index (χ3n) is 3.77. The Labute approximate surface area is 124 Å². The summed E-state index contributed by atoms with van der Waals surface area (Å²) >= 11 is 0. The third-order valence-corrected chi connectivity index (χ3v) is 3.77. The summed E-state index contributed by atoms with van der Waals surface area (Å²) in [6.07, 6.45) is 2.46. The van der Waals surface area contributed by atoms with E-state index in [0.717, 1.165) is 31.5 Å². The zero-order chi connectivity index (χ0) is 14.8. The molecule has 2 N–H and O–H groups in total. The van der Waals surface area contributed by atoms with Crippen molar-refractivity contribution in [1.82, 2.24) is 20.4 Å². The molecule has 1 aliphatic heterocycles. The van der Waals surface area contributed by atoms with Crippen LogP contribution < -0.4 is 10.6 Å². The molecular formula is C15H33N5. The van der Waals surface area contributed by atoms with Crippen LogP contribution in [0, 0.1) is 5.92 Å². The van der Waals surface area contributed by atoms with Gasteiger partial charge in [-0.15, -0.1) is 0 Å². The highest BCUT2D eigenvalue weighted by Gasteiger charge is 2.11. The van der Waals surface area contributed by atoms with E-state index in [9.17, 15) is 0 Å². The van der Waals surface area contributed by atoms with Gasteiger partial charge in [0.25, 0.3) is 0 Å². The lowest BCUT2D eigenvalue weighted by molar-refractivity contribution is 0.280. The molecule has 0 aromatic heterocycles. The van der Waals surface area contributed by atoms with Crippen LogP contribution >= 0.6 is 0 Å². The molecule has 1 saturated heterocycles. The first-order valence-electron chi connectivity index (χ1n) is 7.97. The van der Waals surface area contributed by atoms with Crippen LogP contribution in [0.4, 0.5) is 0 Å². The molecule has 1 heterocycles. The topological polar surface area (TPSA) is 42.9 Å². The van der Waals surface area contributed by atoms with Gasteiger partial charge in [0.05, 0.1) is 0 Å². The van der Waals surface area contributed by atoms with Gasteiger partial charge in [0, 0.05) is 39.8 Å². The Bertz CT molecular complexity index is 277. The van der Waals surface area contributed by atoms with E-state index < -0.39 is 0 Å². The number of guanidine groups is 1. The van der Waals surface area contributed by atoms with Crippen molar-refractivity contribution in [2.75, 3.05) is 59.9 Å². The maximum absolute atomic E-state index is 4.27. The Balaban J connectivity index is 2.14. The second kappa shape index (κ2) is 10.00. The molecule has 118 valence electrons. The van der Waals surface area contributed by atoms with Gasteiger partial charge in [-0.1, -0.05) is 13.8 Å². The number of hydrogen-bond acceptors (Lipinski definition) is 3. The Kier molecular flexibility index (Phi) is 8.62. The number of aliphatic imine (C=N–C) groups is 1. The molecule has 20 heavy (non-hydrogen) atoms. The molecule has 1 fully saturated rings. The van der Waals surface area contributed by atoms with Crippen molar-refractivity contribution in [2.24, 2.45) is 10.9 Å². The highest BCUT2D eigenvalue weighted by Crippen LogP contribution is 1.99. The van der Waals surface area contributed by atoms with Gasteiger partial charge < -0.3 is 20.4 Å². The molecule has 0 atom stereocenters. The van der Waals surface area contributed by atoms with E-state index in [1.165, 1.54) is 39.0 Å². The van der Waals surface area contributed by atoms with Gasteiger partial charge in [0.15, 0.2) is 5.96 Å². The summed E-state index contributed by atoms with van der Waals surface area (Å²) in [6.45, 7) is 12.3. The van der Waals surface area contributed by atoms with E-state index in [2.05, 4.69) is 46.3 Å². The molecule has 1 rings (SSSR count). The first kappa shape index (κ1) is 17.2. The van der Waals surface area contributed by atoms with Crippen LogP contribution in [-0.2, 0) is 0 Å². The Morgan fingerprint density at radius 2 is 1.85 bits per heavy atom. The molecule has 1 aliphatic rings. The van der Waals surface area contributed by atoms with Crippen LogP contribution in [0.15, 0.2) is 4.99 Å². The average Bonchev–Trinajstić information content (AvgIpc) is 2.61. The maximum Gasteiger partial charge on any atom is 0.191 e. The SMILES string of the molecule is CN=C(NCCC(C)C)NCCN1CCCN(C)CC1. The largest absolute Gasteiger partial charge is 0.356 e. The molecule has 0 aliphatic carbocycles. The molecule has 0 aromatic carbocycles. The number of nitrogens with one attached hydrogen (secondary N) is 2. The maximum atomic E-state index is 4.27. The molecule has 0 bridgehead atoms. The summed E-state index contributed by atoms with van der Waals surface area (Å²) in [5.41, 5.74) is 0. The number of rotatable bonds is 6. The van der Waals surface area contributed by atoms with Gasteiger partial charge in [0.2, 0.25) is 0 Å². The van der Waals surface area contributed by atoms with Gasteiger partial charge in [-0.05, 0) is 38.9 Å². The minimum absolute atomic E-state index is 0.731. The Morgan fingerprint density at radius 3 is 2.55 bits per heavy atom. The number of hydrogen-bond donors (Lipinski definition) is 2. The predicted octanol–water partition coefficient (Wildman–Crippen LogP) is 0.835. The molecule has 0 radical (unpaired) electrons. The summed E-state index contributed by atoms with van der Waals surface area (Å²) in [7, 11) is 4.05. The third kappa shape index (κ3) is 7.70. The zero-order valence-corrected chi connectivity index (χ0v) is 13.8.